The number of benzene rings is 1. The normalized spacial score (nSPS) is 11.4. The predicted octanol–water partition coefficient (Wildman–Crippen LogP) is 4.82. The Morgan fingerprint density at radius 3 is 2.80 bits per heavy atom. The third-order valence-corrected chi connectivity index (χ3v) is 4.52. The number of thiazole rings is 1. The van der Waals surface area contributed by atoms with E-state index >= 15 is 0 Å². The van der Waals surface area contributed by atoms with Crippen LogP contribution in [0.1, 0.15) is 16.3 Å². The average molecular weight is 372 g/mol. The van der Waals surface area contributed by atoms with E-state index in [0.29, 0.717) is 15.9 Å². The number of aromatic nitrogens is 1. The van der Waals surface area contributed by atoms with Gasteiger partial charge in [-0.1, -0.05) is 22.9 Å². The van der Waals surface area contributed by atoms with E-state index < -0.39 is 5.91 Å². The quantitative estimate of drug-likeness (QED) is 0.381. The van der Waals surface area contributed by atoms with E-state index in [1.807, 2.05) is 0 Å². The Bertz CT molecular complexity index is 1040. The lowest BCUT2D eigenvalue weighted by atomic mass is 10.3. The predicted molar refractivity (Wildman–Crippen MR) is 96.4 cm³/mol. The van der Waals surface area contributed by atoms with Gasteiger partial charge in [-0.3, -0.25) is 4.79 Å². The molecule has 0 N–H and O–H groups in total. The topological polar surface area (TPSA) is 71.8 Å². The molecule has 0 unspecified atom stereocenters. The summed E-state index contributed by atoms with van der Waals surface area (Å²) in [4.78, 5) is 17.2. The number of hydrazone groups is 1. The summed E-state index contributed by atoms with van der Waals surface area (Å²) in [5.41, 5.74) is 0.731. The summed E-state index contributed by atoms with van der Waals surface area (Å²) in [6, 6.07) is 12.0. The first-order valence-corrected chi connectivity index (χ1v) is 8.42. The highest BCUT2D eigenvalue weighted by Gasteiger charge is 2.23. The van der Waals surface area contributed by atoms with Gasteiger partial charge in [0.1, 0.15) is 5.76 Å². The molecule has 0 fully saturated rings. The Balaban J connectivity index is 1.76. The van der Waals surface area contributed by atoms with Crippen molar-refractivity contribution in [3.05, 3.63) is 71.5 Å². The fraction of sp³-hybridized carbons (Fsp3) is 0. The van der Waals surface area contributed by atoms with E-state index in [4.69, 9.17) is 20.4 Å². The first kappa shape index (κ1) is 15.6. The number of carbonyl (C=O) groups excluding carboxylic acids is 1. The number of furan rings is 2. The Hall–Kier alpha value is -2.90. The number of halogens is 1. The second-order valence-corrected chi connectivity index (χ2v) is 6.41. The van der Waals surface area contributed by atoms with Crippen molar-refractivity contribution in [3.63, 3.8) is 0 Å². The zero-order valence-corrected chi connectivity index (χ0v) is 14.2. The van der Waals surface area contributed by atoms with Crippen molar-refractivity contribution in [1.82, 2.24) is 4.98 Å². The van der Waals surface area contributed by atoms with E-state index in [2.05, 4.69) is 10.1 Å². The Morgan fingerprint density at radius 2 is 2.04 bits per heavy atom. The number of hydrogen-bond acceptors (Lipinski definition) is 6. The SMILES string of the molecule is O=C(c1ccco1)N(/N=C\c1ccco1)c1nc2ccc(Cl)cc2s1. The second-order valence-electron chi connectivity index (χ2n) is 4.96. The molecular formula is C17H10ClN3O3S. The number of anilines is 1. The summed E-state index contributed by atoms with van der Waals surface area (Å²) in [5, 5.41) is 6.42. The Morgan fingerprint density at radius 1 is 1.20 bits per heavy atom. The molecule has 3 aromatic heterocycles. The molecule has 0 aliphatic heterocycles. The smallest absolute Gasteiger partial charge is 0.316 e. The molecule has 6 nitrogen and oxygen atoms in total. The van der Waals surface area contributed by atoms with Gasteiger partial charge in [0.15, 0.2) is 5.76 Å². The van der Waals surface area contributed by atoms with E-state index in [1.54, 1.807) is 42.5 Å². The van der Waals surface area contributed by atoms with Gasteiger partial charge in [0.25, 0.3) is 0 Å². The molecule has 0 radical (unpaired) electrons. The van der Waals surface area contributed by atoms with E-state index in [0.717, 1.165) is 10.2 Å². The van der Waals surface area contributed by atoms with Crippen LogP contribution in [0, 0.1) is 0 Å². The first-order chi connectivity index (χ1) is 12.2. The van der Waals surface area contributed by atoms with Gasteiger partial charge in [0, 0.05) is 5.02 Å². The summed E-state index contributed by atoms with van der Waals surface area (Å²) < 4.78 is 11.3. The van der Waals surface area contributed by atoms with Gasteiger partial charge in [-0.2, -0.15) is 10.1 Å². The second kappa shape index (κ2) is 6.54. The largest absolute Gasteiger partial charge is 0.463 e. The third-order valence-electron chi connectivity index (χ3n) is 3.29. The van der Waals surface area contributed by atoms with Crippen molar-refractivity contribution >= 4 is 50.4 Å². The molecule has 4 aromatic rings. The number of rotatable bonds is 4. The Kier molecular flexibility index (Phi) is 4.09. The number of nitrogens with zero attached hydrogens (tertiary/aromatic N) is 3. The van der Waals surface area contributed by atoms with Crippen LogP contribution in [-0.4, -0.2) is 17.1 Å². The van der Waals surface area contributed by atoms with Crippen molar-refractivity contribution in [3.8, 4) is 0 Å². The van der Waals surface area contributed by atoms with Crippen LogP contribution in [0.3, 0.4) is 0 Å². The Labute approximate surface area is 150 Å². The highest BCUT2D eigenvalue weighted by Crippen LogP contribution is 2.31. The van der Waals surface area contributed by atoms with Crippen LogP contribution < -0.4 is 5.01 Å². The van der Waals surface area contributed by atoms with Crippen molar-refractivity contribution in [1.29, 1.82) is 0 Å². The average Bonchev–Trinajstić information content (AvgIpc) is 3.36. The molecule has 1 amide bonds. The van der Waals surface area contributed by atoms with Crippen molar-refractivity contribution in [2.45, 2.75) is 0 Å². The van der Waals surface area contributed by atoms with E-state index in [9.17, 15) is 4.79 Å². The minimum absolute atomic E-state index is 0.161. The van der Waals surface area contributed by atoms with Crippen molar-refractivity contribution in [2.75, 3.05) is 5.01 Å². The van der Waals surface area contributed by atoms with Gasteiger partial charge >= 0.3 is 5.91 Å². The molecule has 0 atom stereocenters. The van der Waals surface area contributed by atoms with Crippen LogP contribution >= 0.6 is 22.9 Å². The molecule has 0 spiro atoms. The molecule has 0 saturated carbocycles. The van der Waals surface area contributed by atoms with E-state index in [1.165, 1.54) is 35.1 Å². The van der Waals surface area contributed by atoms with Crippen LogP contribution in [0.25, 0.3) is 10.2 Å². The van der Waals surface area contributed by atoms with Crippen LogP contribution in [-0.2, 0) is 0 Å². The maximum Gasteiger partial charge on any atom is 0.316 e. The van der Waals surface area contributed by atoms with Gasteiger partial charge in [0.2, 0.25) is 5.13 Å². The first-order valence-electron chi connectivity index (χ1n) is 7.22. The number of hydrogen-bond donors (Lipinski definition) is 0. The molecule has 3 heterocycles. The van der Waals surface area contributed by atoms with Crippen LogP contribution in [0.5, 0.6) is 0 Å². The fourth-order valence-corrected chi connectivity index (χ4v) is 3.35. The lowest BCUT2D eigenvalue weighted by Crippen LogP contribution is -2.25. The number of carbonyl (C=O) groups is 1. The molecule has 0 saturated heterocycles. The number of fused-ring (bicyclic) bond motifs is 1. The molecular weight excluding hydrogens is 362 g/mol. The molecule has 25 heavy (non-hydrogen) atoms. The van der Waals surface area contributed by atoms with Crippen LogP contribution in [0.2, 0.25) is 5.02 Å². The molecule has 8 heteroatoms. The molecule has 1 aromatic carbocycles. The lowest BCUT2D eigenvalue weighted by Gasteiger charge is -2.11. The summed E-state index contributed by atoms with van der Waals surface area (Å²) in [5.74, 6) is 0.244. The monoisotopic (exact) mass is 371 g/mol. The minimum atomic E-state index is -0.432. The molecule has 4 rings (SSSR count). The third kappa shape index (κ3) is 3.19. The van der Waals surface area contributed by atoms with Crippen molar-refractivity contribution in [2.24, 2.45) is 5.10 Å². The summed E-state index contributed by atoms with van der Waals surface area (Å²) in [7, 11) is 0. The van der Waals surface area contributed by atoms with Gasteiger partial charge < -0.3 is 8.83 Å². The molecule has 0 bridgehead atoms. The standard InChI is InChI=1S/C17H10ClN3O3S/c18-11-5-6-13-15(9-11)25-17(20-13)21(16(22)14-4-2-8-24-14)19-10-12-3-1-7-23-12/h1-10H/b19-10-. The summed E-state index contributed by atoms with van der Waals surface area (Å²) in [6.07, 6.45) is 4.40. The molecule has 0 aliphatic rings. The van der Waals surface area contributed by atoms with Crippen LogP contribution in [0.15, 0.2) is 68.9 Å². The van der Waals surface area contributed by atoms with Gasteiger partial charge in [0.05, 0.1) is 29.0 Å². The van der Waals surface area contributed by atoms with Gasteiger partial charge in [-0.25, -0.2) is 4.98 Å². The number of amides is 1. The zero-order chi connectivity index (χ0) is 17.2. The van der Waals surface area contributed by atoms with Crippen molar-refractivity contribution < 1.29 is 13.6 Å². The highest BCUT2D eigenvalue weighted by atomic mass is 35.5. The van der Waals surface area contributed by atoms with Gasteiger partial charge in [-0.05, 0) is 42.5 Å². The minimum Gasteiger partial charge on any atom is -0.463 e. The molecule has 124 valence electrons. The maximum absolute atomic E-state index is 12.7. The van der Waals surface area contributed by atoms with Crippen LogP contribution in [0.4, 0.5) is 5.13 Å². The fourth-order valence-electron chi connectivity index (χ4n) is 2.15. The lowest BCUT2D eigenvalue weighted by molar-refractivity contribution is 0.0961. The summed E-state index contributed by atoms with van der Waals surface area (Å²) in [6.45, 7) is 0. The zero-order valence-electron chi connectivity index (χ0n) is 12.6. The molecule has 0 aliphatic carbocycles. The van der Waals surface area contributed by atoms with Gasteiger partial charge in [-0.15, -0.1) is 0 Å². The van der Waals surface area contributed by atoms with E-state index in [-0.39, 0.29) is 5.76 Å². The maximum atomic E-state index is 12.7. The summed E-state index contributed by atoms with van der Waals surface area (Å²) >= 11 is 7.33. The highest BCUT2D eigenvalue weighted by molar-refractivity contribution is 7.22.